The van der Waals surface area contributed by atoms with Crippen molar-refractivity contribution < 1.29 is 19.1 Å². The zero-order valence-electron chi connectivity index (χ0n) is 21.1. The maximum Gasteiger partial charge on any atom is 0.289 e. The molecule has 0 atom stereocenters. The number of amides is 2. The van der Waals surface area contributed by atoms with Gasteiger partial charge in [0.15, 0.2) is 5.76 Å². The molecule has 0 unspecified atom stereocenters. The van der Waals surface area contributed by atoms with Gasteiger partial charge in [-0.15, -0.1) is 5.10 Å². The quantitative estimate of drug-likeness (QED) is 0.428. The number of nitrogens with zero attached hydrogens (tertiary/aromatic N) is 5. The molecule has 5 rings (SSSR count). The Hall–Kier alpha value is -4.40. The number of carbonyl (C=O) groups is 2. The van der Waals surface area contributed by atoms with E-state index in [1.54, 1.807) is 43.3 Å². The second kappa shape index (κ2) is 9.93. The minimum atomic E-state index is -0.238. The molecule has 9 nitrogen and oxygen atoms in total. The fourth-order valence-electron chi connectivity index (χ4n) is 4.62. The number of fused-ring (bicyclic) bond motifs is 1. The highest BCUT2D eigenvalue weighted by atomic mass is 16.3. The van der Waals surface area contributed by atoms with Gasteiger partial charge in [-0.3, -0.25) is 14.3 Å². The highest BCUT2D eigenvalue weighted by Gasteiger charge is 2.23. The third kappa shape index (κ3) is 4.97. The van der Waals surface area contributed by atoms with Gasteiger partial charge in [0.2, 0.25) is 5.91 Å². The molecule has 1 aliphatic heterocycles. The third-order valence-corrected chi connectivity index (χ3v) is 6.58. The van der Waals surface area contributed by atoms with E-state index in [0.717, 1.165) is 28.5 Å². The molecule has 4 aromatic rings. The number of aromatic hydroxyl groups is 1. The minimum Gasteiger partial charge on any atom is -0.507 e. The lowest BCUT2D eigenvalue weighted by molar-refractivity contribution is -0.131. The van der Waals surface area contributed by atoms with Crippen LogP contribution < -0.4 is 0 Å². The van der Waals surface area contributed by atoms with E-state index in [1.165, 1.54) is 4.90 Å². The molecule has 2 aromatic carbocycles. The summed E-state index contributed by atoms with van der Waals surface area (Å²) in [5.74, 6) is 0.184. The molecule has 0 spiro atoms. The molecule has 9 heteroatoms. The van der Waals surface area contributed by atoms with Crippen LogP contribution in [-0.4, -0.2) is 68.9 Å². The van der Waals surface area contributed by atoms with Crippen molar-refractivity contribution in [1.82, 2.24) is 24.8 Å². The number of phenols is 1. The number of aromatic nitrogens is 3. The highest BCUT2D eigenvalue weighted by Crippen LogP contribution is 2.39. The fraction of sp³-hybridized carbons (Fsp3) is 0.286. The first kappa shape index (κ1) is 24.3. The topological polar surface area (TPSA) is 105 Å². The summed E-state index contributed by atoms with van der Waals surface area (Å²) in [6.07, 6.45) is 6.57. The van der Waals surface area contributed by atoms with Crippen molar-refractivity contribution in [3.63, 3.8) is 0 Å². The molecule has 3 heterocycles. The van der Waals surface area contributed by atoms with Gasteiger partial charge in [0, 0.05) is 56.3 Å². The molecule has 1 N–H and O–H groups in total. The van der Waals surface area contributed by atoms with Crippen molar-refractivity contribution in [1.29, 1.82) is 0 Å². The lowest BCUT2D eigenvalue weighted by Gasteiger charge is -2.28. The van der Waals surface area contributed by atoms with E-state index < -0.39 is 0 Å². The van der Waals surface area contributed by atoms with Crippen LogP contribution in [0, 0.1) is 6.92 Å². The molecule has 2 aromatic heterocycles. The molecular weight excluding hydrogens is 470 g/mol. The van der Waals surface area contributed by atoms with E-state index in [2.05, 4.69) is 16.4 Å². The van der Waals surface area contributed by atoms with Gasteiger partial charge in [0.1, 0.15) is 11.3 Å². The Kier molecular flexibility index (Phi) is 6.52. The summed E-state index contributed by atoms with van der Waals surface area (Å²) in [5, 5.41) is 19.2. The van der Waals surface area contributed by atoms with Crippen LogP contribution in [0.4, 0.5) is 0 Å². The van der Waals surface area contributed by atoms with E-state index in [0.29, 0.717) is 42.8 Å². The van der Waals surface area contributed by atoms with Crippen molar-refractivity contribution in [2.75, 3.05) is 27.2 Å². The van der Waals surface area contributed by atoms with Gasteiger partial charge in [-0.25, -0.2) is 0 Å². The largest absolute Gasteiger partial charge is 0.507 e. The predicted molar refractivity (Wildman–Crippen MR) is 140 cm³/mol. The van der Waals surface area contributed by atoms with Gasteiger partial charge < -0.3 is 19.3 Å². The maximum atomic E-state index is 12.9. The average molecular weight is 500 g/mol. The first-order chi connectivity index (χ1) is 17.8. The van der Waals surface area contributed by atoms with Crippen molar-refractivity contribution in [2.24, 2.45) is 0 Å². The fourth-order valence-corrected chi connectivity index (χ4v) is 4.62. The van der Waals surface area contributed by atoms with Gasteiger partial charge in [-0.2, -0.15) is 0 Å². The zero-order valence-corrected chi connectivity index (χ0v) is 21.1. The summed E-state index contributed by atoms with van der Waals surface area (Å²) in [6, 6.07) is 11.2. The molecular formula is C28H29N5O4. The van der Waals surface area contributed by atoms with E-state index in [4.69, 9.17) is 4.42 Å². The smallest absolute Gasteiger partial charge is 0.289 e. The van der Waals surface area contributed by atoms with Crippen molar-refractivity contribution in [2.45, 2.75) is 26.3 Å². The highest BCUT2D eigenvalue weighted by molar-refractivity contribution is 6.02. The number of hydrogen-bond donors (Lipinski definition) is 1. The number of hydrogen-bond acceptors (Lipinski definition) is 6. The Morgan fingerprint density at radius 3 is 2.70 bits per heavy atom. The standard InChI is InChI=1S/C28H29N5O4/c1-18-6-7-22(24(34)13-18)23-15-20(14-21-16-25(37-27(21)23)28(36)31(2)3)19-5-4-10-32(17-19)26(35)8-11-33-12-9-29-30-33/h5-7,9,12-16,34H,4,8,10-11,17H2,1-3H3. The molecule has 1 aliphatic rings. The number of phenolic OH excluding ortho intramolecular Hbond substituents is 1. The molecule has 0 saturated carbocycles. The number of aryl methyl sites for hydroxylation is 2. The summed E-state index contributed by atoms with van der Waals surface area (Å²) in [7, 11) is 3.35. The van der Waals surface area contributed by atoms with Crippen LogP contribution in [0.2, 0.25) is 0 Å². The van der Waals surface area contributed by atoms with Gasteiger partial charge in [-0.05, 0) is 54.3 Å². The SMILES string of the molecule is Cc1ccc(-c2cc(C3=CCCN(C(=O)CCn4ccnn4)C3)cc3cc(C(=O)N(C)C)oc23)c(O)c1. The number of benzene rings is 2. The first-order valence-electron chi connectivity index (χ1n) is 12.2. The van der Waals surface area contributed by atoms with Gasteiger partial charge in [-0.1, -0.05) is 23.4 Å². The lowest BCUT2D eigenvalue weighted by atomic mass is 9.94. The summed E-state index contributed by atoms with van der Waals surface area (Å²) in [6.45, 7) is 3.52. The van der Waals surface area contributed by atoms with E-state index in [9.17, 15) is 14.7 Å². The molecule has 0 aliphatic carbocycles. The normalized spacial score (nSPS) is 13.6. The van der Waals surface area contributed by atoms with Crippen LogP contribution in [0.1, 0.15) is 34.5 Å². The Balaban J connectivity index is 1.51. The Bertz CT molecular complexity index is 1500. The van der Waals surface area contributed by atoms with Crippen molar-refractivity contribution in [3.8, 4) is 16.9 Å². The molecule has 2 amide bonds. The Morgan fingerprint density at radius 1 is 1.14 bits per heavy atom. The summed E-state index contributed by atoms with van der Waals surface area (Å²) in [5.41, 5.74) is 4.71. The summed E-state index contributed by atoms with van der Waals surface area (Å²) >= 11 is 0. The predicted octanol–water partition coefficient (Wildman–Crippen LogP) is 4.11. The molecule has 0 saturated heterocycles. The molecule has 190 valence electrons. The maximum absolute atomic E-state index is 12.9. The number of carbonyl (C=O) groups excluding carboxylic acids is 2. The number of furan rings is 1. The zero-order chi connectivity index (χ0) is 26.1. The molecule has 0 bridgehead atoms. The van der Waals surface area contributed by atoms with E-state index >= 15 is 0 Å². The lowest BCUT2D eigenvalue weighted by Crippen LogP contribution is -2.35. The Morgan fingerprint density at radius 2 is 1.97 bits per heavy atom. The second-order valence-electron chi connectivity index (χ2n) is 9.52. The van der Waals surface area contributed by atoms with Crippen molar-refractivity contribution in [3.05, 3.63) is 71.8 Å². The minimum absolute atomic E-state index is 0.0563. The first-order valence-corrected chi connectivity index (χ1v) is 12.2. The van der Waals surface area contributed by atoms with Crippen molar-refractivity contribution >= 4 is 28.4 Å². The van der Waals surface area contributed by atoms with E-state index in [-0.39, 0.29) is 23.3 Å². The van der Waals surface area contributed by atoms with Gasteiger partial charge >= 0.3 is 0 Å². The number of rotatable bonds is 6. The van der Waals surface area contributed by atoms with Crippen LogP contribution in [0.5, 0.6) is 5.75 Å². The van der Waals surface area contributed by atoms with Gasteiger partial charge in [0.25, 0.3) is 5.91 Å². The summed E-state index contributed by atoms with van der Waals surface area (Å²) < 4.78 is 7.68. The van der Waals surface area contributed by atoms with Crippen LogP contribution >= 0.6 is 0 Å². The van der Waals surface area contributed by atoms with Crippen LogP contribution in [0.15, 0.2) is 59.3 Å². The molecule has 0 radical (unpaired) electrons. The van der Waals surface area contributed by atoms with E-state index in [1.807, 2.05) is 36.1 Å². The van der Waals surface area contributed by atoms with Crippen LogP contribution in [0.3, 0.4) is 0 Å². The molecule has 0 fully saturated rings. The van der Waals surface area contributed by atoms with Crippen LogP contribution in [0.25, 0.3) is 27.7 Å². The molecule has 37 heavy (non-hydrogen) atoms. The second-order valence-corrected chi connectivity index (χ2v) is 9.52. The summed E-state index contributed by atoms with van der Waals surface area (Å²) in [4.78, 5) is 28.9. The average Bonchev–Trinajstić information content (AvgIpc) is 3.56. The Labute approximate surface area is 214 Å². The third-order valence-electron chi connectivity index (χ3n) is 6.58. The van der Waals surface area contributed by atoms with Crippen LogP contribution in [-0.2, 0) is 11.3 Å². The van der Waals surface area contributed by atoms with Gasteiger partial charge in [0.05, 0.1) is 12.7 Å². The monoisotopic (exact) mass is 499 g/mol.